The molecule has 0 spiro atoms. The maximum atomic E-state index is 12.2. The van der Waals surface area contributed by atoms with Gasteiger partial charge in [0.2, 0.25) is 0 Å². The van der Waals surface area contributed by atoms with Gasteiger partial charge in [-0.2, -0.15) is 0 Å². The van der Waals surface area contributed by atoms with Crippen molar-refractivity contribution in [3.8, 4) is 11.8 Å². The number of hydroxylamine groups is 1. The van der Waals surface area contributed by atoms with E-state index in [1.165, 1.54) is 23.9 Å². The van der Waals surface area contributed by atoms with Gasteiger partial charge in [-0.05, 0) is 60.4 Å². The zero-order chi connectivity index (χ0) is 22.1. The van der Waals surface area contributed by atoms with E-state index in [1.54, 1.807) is 30.3 Å². The highest BCUT2D eigenvalue weighted by molar-refractivity contribution is 5.97. The molecule has 0 saturated heterocycles. The molecule has 7 nitrogen and oxygen atoms in total. The third-order valence-corrected chi connectivity index (χ3v) is 4.84. The van der Waals surface area contributed by atoms with E-state index < -0.39 is 17.9 Å². The molecule has 0 bridgehead atoms. The molecule has 31 heavy (non-hydrogen) atoms. The fraction of sp³-hybridized carbons (Fsp3) is 0.250. The molecule has 160 valence electrons. The fourth-order valence-electron chi connectivity index (χ4n) is 2.82. The van der Waals surface area contributed by atoms with Crippen LogP contribution in [-0.2, 0) is 11.3 Å². The third kappa shape index (κ3) is 7.08. The van der Waals surface area contributed by atoms with Crippen molar-refractivity contribution in [3.63, 3.8) is 0 Å². The molecule has 1 saturated carbocycles. The number of nitrogens with two attached hydrogens (primary N) is 1. The summed E-state index contributed by atoms with van der Waals surface area (Å²) in [4.78, 5) is 23.6. The van der Waals surface area contributed by atoms with Crippen LogP contribution in [0.1, 0.15) is 39.9 Å². The molecular formula is C24H26N4O3. The molecule has 2 aromatic carbocycles. The molecule has 2 amide bonds. The first-order valence-corrected chi connectivity index (χ1v) is 10.1. The van der Waals surface area contributed by atoms with E-state index in [0.717, 1.165) is 17.7 Å². The van der Waals surface area contributed by atoms with E-state index in [2.05, 4.69) is 34.6 Å². The number of carbonyl (C=O) groups excluding carboxylic acids is 2. The minimum atomic E-state index is -1.00. The molecule has 1 aliphatic rings. The van der Waals surface area contributed by atoms with E-state index in [1.807, 2.05) is 18.2 Å². The number of hydrogen-bond acceptors (Lipinski definition) is 5. The van der Waals surface area contributed by atoms with Crippen molar-refractivity contribution in [2.24, 2.45) is 5.73 Å². The Morgan fingerprint density at radius 3 is 2.45 bits per heavy atom. The lowest BCUT2D eigenvalue weighted by Gasteiger charge is -2.14. The maximum Gasteiger partial charge on any atom is 0.267 e. The number of rotatable bonds is 8. The summed E-state index contributed by atoms with van der Waals surface area (Å²) in [6.45, 7) is 0.769. The first kappa shape index (κ1) is 22.2. The van der Waals surface area contributed by atoms with Crippen molar-refractivity contribution in [1.29, 1.82) is 0 Å². The second kappa shape index (κ2) is 11.1. The Bertz CT molecular complexity index is 984. The predicted octanol–water partition coefficient (Wildman–Crippen LogP) is 1.57. The molecule has 7 heteroatoms. The van der Waals surface area contributed by atoms with E-state index in [4.69, 9.17) is 10.9 Å². The molecule has 0 unspecified atom stereocenters. The standard InChI is InChI=1S/C24H26N4O3/c25-15-22(24(30)28-31)27-23(29)20-11-9-18(10-12-20)4-2-1-3-17-5-7-19(8-6-17)16-26-21-13-14-21/h2,4-12,21-22,26,31H,13-16,25H2,(H,27,29)(H,28,30)/b4-2+/t22-/m0/s1. The lowest BCUT2D eigenvalue weighted by molar-refractivity contribution is -0.130. The fourth-order valence-corrected chi connectivity index (χ4v) is 2.82. The highest BCUT2D eigenvalue weighted by atomic mass is 16.5. The van der Waals surface area contributed by atoms with Crippen molar-refractivity contribution in [2.45, 2.75) is 31.5 Å². The Morgan fingerprint density at radius 2 is 1.84 bits per heavy atom. The summed E-state index contributed by atoms with van der Waals surface area (Å²) in [5.74, 6) is 4.90. The van der Waals surface area contributed by atoms with Gasteiger partial charge >= 0.3 is 0 Å². The van der Waals surface area contributed by atoms with Gasteiger partial charge < -0.3 is 16.4 Å². The van der Waals surface area contributed by atoms with Gasteiger partial charge in [0.25, 0.3) is 11.8 Å². The normalized spacial score (nSPS) is 13.9. The third-order valence-electron chi connectivity index (χ3n) is 4.84. The molecule has 1 atom stereocenters. The molecule has 0 radical (unpaired) electrons. The number of amides is 2. The minimum absolute atomic E-state index is 0.127. The van der Waals surface area contributed by atoms with Gasteiger partial charge in [0, 0.05) is 30.3 Å². The average Bonchev–Trinajstić information content (AvgIpc) is 3.64. The van der Waals surface area contributed by atoms with Crippen LogP contribution >= 0.6 is 0 Å². The quantitative estimate of drug-likeness (QED) is 0.253. The van der Waals surface area contributed by atoms with E-state index in [0.29, 0.717) is 11.6 Å². The Hall–Kier alpha value is -3.44. The predicted molar refractivity (Wildman–Crippen MR) is 119 cm³/mol. The van der Waals surface area contributed by atoms with Crippen LogP contribution in [0.4, 0.5) is 0 Å². The van der Waals surface area contributed by atoms with Crippen LogP contribution in [0.3, 0.4) is 0 Å². The molecular weight excluding hydrogens is 392 g/mol. The molecule has 0 aliphatic heterocycles. The Morgan fingerprint density at radius 1 is 1.13 bits per heavy atom. The summed E-state index contributed by atoms with van der Waals surface area (Å²) < 4.78 is 0. The smallest absolute Gasteiger partial charge is 0.267 e. The summed E-state index contributed by atoms with van der Waals surface area (Å²) in [6.07, 6.45) is 6.17. The van der Waals surface area contributed by atoms with Crippen LogP contribution in [0.15, 0.2) is 54.6 Å². The van der Waals surface area contributed by atoms with Crippen molar-refractivity contribution >= 4 is 17.9 Å². The number of allylic oxidation sites excluding steroid dienone is 1. The lowest BCUT2D eigenvalue weighted by Crippen LogP contribution is -2.50. The van der Waals surface area contributed by atoms with Gasteiger partial charge in [-0.1, -0.05) is 36.1 Å². The largest absolute Gasteiger partial charge is 0.339 e. The average molecular weight is 418 g/mol. The monoisotopic (exact) mass is 418 g/mol. The van der Waals surface area contributed by atoms with Gasteiger partial charge in [-0.15, -0.1) is 0 Å². The van der Waals surface area contributed by atoms with Gasteiger partial charge in [0.15, 0.2) is 0 Å². The first-order valence-electron chi connectivity index (χ1n) is 10.1. The van der Waals surface area contributed by atoms with Gasteiger partial charge in [0.1, 0.15) is 6.04 Å². The highest BCUT2D eigenvalue weighted by Gasteiger charge is 2.20. The molecule has 1 aliphatic carbocycles. The van der Waals surface area contributed by atoms with Crippen LogP contribution in [-0.4, -0.2) is 35.7 Å². The van der Waals surface area contributed by atoms with Crippen molar-refractivity contribution in [1.82, 2.24) is 16.1 Å². The number of benzene rings is 2. The number of nitrogens with one attached hydrogen (secondary N) is 3. The minimum Gasteiger partial charge on any atom is -0.339 e. The van der Waals surface area contributed by atoms with E-state index in [-0.39, 0.29) is 6.54 Å². The Labute approximate surface area is 181 Å². The zero-order valence-electron chi connectivity index (χ0n) is 17.1. The molecule has 2 aromatic rings. The second-order valence-corrected chi connectivity index (χ2v) is 7.31. The summed E-state index contributed by atoms with van der Waals surface area (Å²) in [6, 6.07) is 14.7. The van der Waals surface area contributed by atoms with Gasteiger partial charge in [-0.25, -0.2) is 5.48 Å². The van der Waals surface area contributed by atoms with Crippen LogP contribution in [0.2, 0.25) is 0 Å². The summed E-state index contributed by atoms with van der Waals surface area (Å²) in [5, 5.41) is 14.6. The van der Waals surface area contributed by atoms with Crippen molar-refractivity contribution in [2.75, 3.05) is 6.54 Å². The molecule has 3 rings (SSSR count). The maximum absolute atomic E-state index is 12.2. The van der Waals surface area contributed by atoms with Crippen LogP contribution < -0.4 is 21.8 Å². The second-order valence-electron chi connectivity index (χ2n) is 7.31. The van der Waals surface area contributed by atoms with Crippen LogP contribution in [0, 0.1) is 11.8 Å². The summed E-state index contributed by atoms with van der Waals surface area (Å²) in [5.41, 5.74) is 10.4. The van der Waals surface area contributed by atoms with Crippen molar-refractivity contribution < 1.29 is 14.8 Å². The van der Waals surface area contributed by atoms with Gasteiger partial charge in [0.05, 0.1) is 0 Å². The molecule has 6 N–H and O–H groups in total. The van der Waals surface area contributed by atoms with Gasteiger partial charge in [-0.3, -0.25) is 14.8 Å². The van der Waals surface area contributed by atoms with E-state index >= 15 is 0 Å². The highest BCUT2D eigenvalue weighted by Crippen LogP contribution is 2.19. The van der Waals surface area contributed by atoms with E-state index in [9.17, 15) is 9.59 Å². The van der Waals surface area contributed by atoms with Crippen LogP contribution in [0.5, 0.6) is 0 Å². The van der Waals surface area contributed by atoms with Crippen molar-refractivity contribution in [3.05, 3.63) is 76.9 Å². The molecule has 0 aromatic heterocycles. The molecule has 0 heterocycles. The number of hydrogen-bond donors (Lipinski definition) is 5. The molecule has 1 fully saturated rings. The zero-order valence-corrected chi connectivity index (χ0v) is 17.1. The Kier molecular flexibility index (Phi) is 7.96. The topological polar surface area (TPSA) is 116 Å². The SMILES string of the molecule is NC[C@H](NC(=O)c1ccc(/C=C/C#Cc2ccc(CNC3CC3)cc2)cc1)C(=O)NO. The summed E-state index contributed by atoms with van der Waals surface area (Å²) >= 11 is 0. The number of carbonyl (C=O) groups is 2. The van der Waals surface area contributed by atoms with Crippen LogP contribution in [0.25, 0.3) is 6.08 Å². The first-order chi connectivity index (χ1) is 15.1. The lowest BCUT2D eigenvalue weighted by atomic mass is 10.1. The Balaban J connectivity index is 1.51. The summed E-state index contributed by atoms with van der Waals surface area (Å²) in [7, 11) is 0.